The molecule has 0 radical (unpaired) electrons. The minimum atomic E-state index is 0.445. The average molecular weight is 171 g/mol. The summed E-state index contributed by atoms with van der Waals surface area (Å²) in [4.78, 5) is 9.66. The molecule has 58 valence electrons. The minimum absolute atomic E-state index is 0.445. The largest absolute Gasteiger partial charge is 0.269 e. The van der Waals surface area contributed by atoms with Crippen molar-refractivity contribution in [3.05, 3.63) is 39.8 Å². The number of nitroso groups, excluding NO2 is 1. The van der Waals surface area contributed by atoms with Crippen molar-refractivity contribution in [3.63, 3.8) is 0 Å². The van der Waals surface area contributed by atoms with E-state index in [1.165, 1.54) is 0 Å². The second-order valence-electron chi connectivity index (χ2n) is 2.05. The van der Waals surface area contributed by atoms with E-state index in [0.717, 1.165) is 5.56 Å². The molecule has 0 aliphatic heterocycles. The zero-order chi connectivity index (χ0) is 8.10. The third kappa shape index (κ3) is 2.55. The Morgan fingerprint density at radius 2 is 2.00 bits per heavy atom. The maximum atomic E-state index is 9.66. The molecule has 0 aliphatic carbocycles. The number of halogens is 1. The first-order chi connectivity index (χ1) is 5.33. The highest BCUT2D eigenvalue weighted by atomic mass is 35.5. The number of hydrogen-bond donors (Lipinski definition) is 1. The third-order valence-electron chi connectivity index (χ3n) is 1.26. The first kappa shape index (κ1) is 8.01. The van der Waals surface area contributed by atoms with E-state index in [1.807, 2.05) is 12.1 Å². The predicted octanol–water partition coefficient (Wildman–Crippen LogP) is 2.11. The van der Waals surface area contributed by atoms with Crippen LogP contribution in [-0.4, -0.2) is 0 Å². The zero-order valence-electron chi connectivity index (χ0n) is 5.75. The van der Waals surface area contributed by atoms with Crippen molar-refractivity contribution >= 4 is 11.6 Å². The molecule has 0 aliphatic rings. The van der Waals surface area contributed by atoms with Gasteiger partial charge in [-0.15, -0.1) is 4.91 Å². The molecule has 0 fully saturated rings. The quantitative estimate of drug-likeness (QED) is 0.558. The molecular weight excluding hydrogens is 164 g/mol. The summed E-state index contributed by atoms with van der Waals surface area (Å²) in [6.07, 6.45) is 0. The van der Waals surface area contributed by atoms with E-state index in [1.54, 1.807) is 12.1 Å². The van der Waals surface area contributed by atoms with E-state index in [2.05, 4.69) is 10.7 Å². The van der Waals surface area contributed by atoms with E-state index in [9.17, 15) is 4.91 Å². The van der Waals surface area contributed by atoms with Gasteiger partial charge in [-0.2, -0.15) is 0 Å². The molecule has 0 saturated heterocycles. The summed E-state index contributed by atoms with van der Waals surface area (Å²) >= 11 is 5.64. The number of benzene rings is 1. The van der Waals surface area contributed by atoms with Gasteiger partial charge in [0.15, 0.2) is 0 Å². The van der Waals surface area contributed by atoms with Gasteiger partial charge in [0.2, 0.25) is 0 Å². The van der Waals surface area contributed by atoms with E-state index in [4.69, 9.17) is 11.6 Å². The van der Waals surface area contributed by atoms with Crippen molar-refractivity contribution in [2.24, 2.45) is 5.29 Å². The van der Waals surface area contributed by atoms with Gasteiger partial charge < -0.3 is 0 Å². The Labute approximate surface area is 69.3 Å². The summed E-state index contributed by atoms with van der Waals surface area (Å²) < 4.78 is 0. The molecule has 0 bridgehead atoms. The highest BCUT2D eigenvalue weighted by Crippen LogP contribution is 2.08. The molecule has 0 atom stereocenters. The van der Waals surface area contributed by atoms with Crippen molar-refractivity contribution in [3.8, 4) is 0 Å². The summed E-state index contributed by atoms with van der Waals surface area (Å²) in [6, 6.07) is 7.20. The van der Waals surface area contributed by atoms with Crippen molar-refractivity contribution < 1.29 is 0 Å². The minimum Gasteiger partial charge on any atom is -0.269 e. The van der Waals surface area contributed by atoms with Crippen LogP contribution in [0.3, 0.4) is 0 Å². The van der Waals surface area contributed by atoms with E-state index < -0.39 is 0 Å². The monoisotopic (exact) mass is 170 g/mol. The highest BCUT2D eigenvalue weighted by molar-refractivity contribution is 6.30. The van der Waals surface area contributed by atoms with Crippen molar-refractivity contribution in [2.45, 2.75) is 6.54 Å². The molecule has 0 aromatic heterocycles. The highest BCUT2D eigenvalue weighted by Gasteiger charge is 1.90. The molecule has 0 saturated carbocycles. The van der Waals surface area contributed by atoms with Crippen LogP contribution in [0.1, 0.15) is 5.56 Å². The first-order valence-corrected chi connectivity index (χ1v) is 3.50. The van der Waals surface area contributed by atoms with Crippen LogP contribution in [0.15, 0.2) is 29.6 Å². The van der Waals surface area contributed by atoms with Gasteiger partial charge in [-0.1, -0.05) is 23.7 Å². The second-order valence-corrected chi connectivity index (χ2v) is 2.49. The Morgan fingerprint density at radius 1 is 1.36 bits per heavy atom. The van der Waals surface area contributed by atoms with Gasteiger partial charge in [0.05, 0.1) is 6.54 Å². The topological polar surface area (TPSA) is 41.5 Å². The van der Waals surface area contributed by atoms with Crippen LogP contribution in [0, 0.1) is 4.91 Å². The van der Waals surface area contributed by atoms with Crippen LogP contribution in [-0.2, 0) is 6.54 Å². The van der Waals surface area contributed by atoms with Gasteiger partial charge in [0, 0.05) is 10.3 Å². The summed E-state index contributed by atoms with van der Waals surface area (Å²) in [5, 5.41) is 3.21. The lowest BCUT2D eigenvalue weighted by molar-refractivity contribution is 0.737. The van der Waals surface area contributed by atoms with Gasteiger partial charge in [0.25, 0.3) is 0 Å². The molecule has 4 heteroatoms. The number of rotatable bonds is 3. The van der Waals surface area contributed by atoms with Crippen LogP contribution < -0.4 is 5.43 Å². The molecule has 0 spiro atoms. The lowest BCUT2D eigenvalue weighted by atomic mass is 10.2. The summed E-state index contributed by atoms with van der Waals surface area (Å²) in [7, 11) is 0. The Bertz CT molecular complexity index is 235. The predicted molar refractivity (Wildman–Crippen MR) is 44.1 cm³/mol. The lowest BCUT2D eigenvalue weighted by Crippen LogP contribution is -2.02. The molecule has 3 nitrogen and oxygen atoms in total. The van der Waals surface area contributed by atoms with E-state index >= 15 is 0 Å². The van der Waals surface area contributed by atoms with Crippen LogP contribution in [0.2, 0.25) is 5.02 Å². The summed E-state index contributed by atoms with van der Waals surface area (Å²) in [6.45, 7) is 0.445. The fourth-order valence-electron chi connectivity index (χ4n) is 0.726. The third-order valence-corrected chi connectivity index (χ3v) is 1.51. The van der Waals surface area contributed by atoms with Gasteiger partial charge in [-0.25, -0.2) is 0 Å². The Kier molecular flexibility index (Phi) is 2.86. The molecule has 1 aromatic rings. The molecule has 1 rings (SSSR count). The van der Waals surface area contributed by atoms with Gasteiger partial charge in [-0.3, -0.25) is 5.43 Å². The number of nitrogens with one attached hydrogen (secondary N) is 1. The Morgan fingerprint density at radius 3 is 2.55 bits per heavy atom. The van der Waals surface area contributed by atoms with Gasteiger partial charge >= 0.3 is 0 Å². The van der Waals surface area contributed by atoms with Crippen LogP contribution >= 0.6 is 11.6 Å². The molecule has 0 amide bonds. The van der Waals surface area contributed by atoms with Crippen LogP contribution in [0.25, 0.3) is 0 Å². The van der Waals surface area contributed by atoms with Crippen LogP contribution in [0.5, 0.6) is 0 Å². The number of hydrogen-bond acceptors (Lipinski definition) is 2. The molecule has 0 heterocycles. The van der Waals surface area contributed by atoms with E-state index in [-0.39, 0.29) is 0 Å². The maximum Gasteiger partial charge on any atom is 0.0612 e. The van der Waals surface area contributed by atoms with Crippen LogP contribution in [0.4, 0.5) is 0 Å². The fraction of sp³-hybridized carbons (Fsp3) is 0.143. The molecule has 1 aromatic carbocycles. The van der Waals surface area contributed by atoms with Gasteiger partial charge in [0.1, 0.15) is 0 Å². The zero-order valence-corrected chi connectivity index (χ0v) is 6.51. The normalized spacial score (nSPS) is 9.18. The summed E-state index contributed by atoms with van der Waals surface area (Å²) in [5.41, 5.74) is 3.29. The number of nitrogens with zero attached hydrogens (tertiary/aromatic N) is 1. The molecule has 1 N–H and O–H groups in total. The lowest BCUT2D eigenvalue weighted by Gasteiger charge is -1.97. The molecular formula is C7H7ClN2O. The maximum absolute atomic E-state index is 9.66. The average Bonchev–Trinajstić information content (AvgIpc) is 2.04. The fourth-order valence-corrected chi connectivity index (χ4v) is 0.852. The van der Waals surface area contributed by atoms with Crippen molar-refractivity contribution in [1.29, 1.82) is 0 Å². The SMILES string of the molecule is O=NNCc1ccc(Cl)cc1. The first-order valence-electron chi connectivity index (χ1n) is 3.12. The van der Waals surface area contributed by atoms with Crippen molar-refractivity contribution in [1.82, 2.24) is 5.43 Å². The Hall–Kier alpha value is -1.09. The van der Waals surface area contributed by atoms with Crippen molar-refractivity contribution in [2.75, 3.05) is 0 Å². The summed E-state index contributed by atoms with van der Waals surface area (Å²) in [5.74, 6) is 0. The van der Waals surface area contributed by atoms with E-state index in [0.29, 0.717) is 11.6 Å². The van der Waals surface area contributed by atoms with Gasteiger partial charge in [-0.05, 0) is 17.7 Å². The second kappa shape index (κ2) is 3.93. The molecule has 0 unspecified atom stereocenters. The smallest absolute Gasteiger partial charge is 0.0612 e. The standard InChI is InChI=1S/C7H7ClN2O/c8-7-3-1-6(2-4-7)5-9-10-11/h1-4H,5H2,(H,9,11). The Balaban J connectivity index is 2.58. The molecule has 11 heavy (non-hydrogen) atoms.